The molecule has 0 aromatic carbocycles. The fraction of sp³-hybridized carbons (Fsp3) is 0.286. The second-order valence-corrected chi connectivity index (χ2v) is 2.01. The van der Waals surface area contributed by atoms with Crippen LogP contribution in [0.5, 0.6) is 0 Å². The SMILES string of the molecule is C[C@H](N)[C]1[CH][CH][CH][CH]1. The van der Waals surface area contributed by atoms with Crippen molar-refractivity contribution in [2.45, 2.75) is 13.0 Å². The minimum absolute atomic E-state index is 0.185. The first-order valence-electron chi connectivity index (χ1n) is 2.78. The smallest absolute Gasteiger partial charge is 0.00789 e. The van der Waals surface area contributed by atoms with Gasteiger partial charge in [0.25, 0.3) is 0 Å². The summed E-state index contributed by atoms with van der Waals surface area (Å²) in [6, 6.07) is 0.185. The first kappa shape index (κ1) is 6.09. The second-order valence-electron chi connectivity index (χ2n) is 2.01. The van der Waals surface area contributed by atoms with Crippen molar-refractivity contribution in [2.75, 3.05) is 0 Å². The van der Waals surface area contributed by atoms with Gasteiger partial charge in [0.2, 0.25) is 0 Å². The maximum absolute atomic E-state index is 5.56. The average Bonchev–Trinajstić information content (AvgIpc) is 2.12. The molecular weight excluding hydrogens is 98.1 g/mol. The van der Waals surface area contributed by atoms with Crippen LogP contribution in [0.15, 0.2) is 0 Å². The van der Waals surface area contributed by atoms with Gasteiger partial charge in [0.05, 0.1) is 0 Å². The number of nitrogens with two attached hydrogens (primary N) is 1. The maximum Gasteiger partial charge on any atom is 0.00789 e. The first-order chi connectivity index (χ1) is 3.80. The highest BCUT2D eigenvalue weighted by molar-refractivity contribution is 5.37. The van der Waals surface area contributed by atoms with E-state index in [2.05, 4.69) is 0 Å². The zero-order valence-electron chi connectivity index (χ0n) is 4.96. The van der Waals surface area contributed by atoms with Gasteiger partial charge in [0, 0.05) is 6.04 Å². The Morgan fingerprint density at radius 1 is 1.38 bits per heavy atom. The lowest BCUT2D eigenvalue weighted by Crippen LogP contribution is -2.22. The topological polar surface area (TPSA) is 26.0 Å². The van der Waals surface area contributed by atoms with Gasteiger partial charge in [-0.2, -0.15) is 0 Å². The summed E-state index contributed by atoms with van der Waals surface area (Å²) in [5, 5.41) is 0. The van der Waals surface area contributed by atoms with Crippen LogP contribution in [0.3, 0.4) is 0 Å². The van der Waals surface area contributed by atoms with Gasteiger partial charge >= 0.3 is 0 Å². The predicted molar refractivity (Wildman–Crippen MR) is 34.1 cm³/mol. The summed E-state index contributed by atoms with van der Waals surface area (Å²) in [7, 11) is 0. The molecule has 0 spiro atoms. The Bertz CT molecular complexity index is 62.8. The Hall–Kier alpha value is -0.0400. The molecule has 0 heterocycles. The van der Waals surface area contributed by atoms with Gasteiger partial charge in [0.1, 0.15) is 0 Å². The molecule has 1 heteroatoms. The molecule has 2 N–H and O–H groups in total. The van der Waals surface area contributed by atoms with Crippen molar-refractivity contribution in [3.8, 4) is 0 Å². The van der Waals surface area contributed by atoms with Gasteiger partial charge in [-0.25, -0.2) is 0 Å². The quantitative estimate of drug-likeness (QED) is 0.526. The lowest BCUT2D eigenvalue weighted by molar-refractivity contribution is 0.801. The van der Waals surface area contributed by atoms with Crippen LogP contribution in [-0.2, 0) is 0 Å². The number of rotatable bonds is 1. The monoisotopic (exact) mass is 108 g/mol. The zero-order valence-corrected chi connectivity index (χ0v) is 4.96. The Labute approximate surface area is 51.3 Å². The molecule has 1 fully saturated rings. The van der Waals surface area contributed by atoms with Crippen molar-refractivity contribution >= 4 is 0 Å². The van der Waals surface area contributed by atoms with Crippen LogP contribution in [0.2, 0.25) is 0 Å². The summed E-state index contributed by atoms with van der Waals surface area (Å²) in [5.41, 5.74) is 5.56. The summed E-state index contributed by atoms with van der Waals surface area (Å²) in [4.78, 5) is 0. The molecule has 0 aromatic rings. The standard InChI is InChI=1S/C7H10N/c1-6(8)7-4-2-3-5-7/h2-6H,8H2,1H3/t6-/m0/s1. The summed E-state index contributed by atoms with van der Waals surface area (Å²) >= 11 is 0. The second kappa shape index (κ2) is 2.49. The van der Waals surface area contributed by atoms with Crippen LogP contribution in [-0.4, -0.2) is 6.04 Å². The first-order valence-corrected chi connectivity index (χ1v) is 2.78. The molecule has 0 aliphatic heterocycles. The van der Waals surface area contributed by atoms with Gasteiger partial charge in [-0.05, 0) is 38.5 Å². The maximum atomic E-state index is 5.56. The van der Waals surface area contributed by atoms with E-state index >= 15 is 0 Å². The summed E-state index contributed by atoms with van der Waals surface area (Å²) in [6.45, 7) is 1.98. The molecule has 8 heavy (non-hydrogen) atoms. The van der Waals surface area contributed by atoms with E-state index in [1.54, 1.807) is 0 Å². The third-order valence-corrected chi connectivity index (χ3v) is 1.21. The minimum atomic E-state index is 0.185. The molecule has 1 saturated carbocycles. The van der Waals surface area contributed by atoms with E-state index in [4.69, 9.17) is 5.73 Å². The third kappa shape index (κ3) is 1.22. The van der Waals surface area contributed by atoms with E-state index in [0.29, 0.717) is 0 Å². The highest BCUT2D eigenvalue weighted by atomic mass is 14.6. The van der Waals surface area contributed by atoms with Crippen LogP contribution in [0.4, 0.5) is 0 Å². The number of hydrogen-bond donors (Lipinski definition) is 1. The van der Waals surface area contributed by atoms with E-state index < -0.39 is 0 Å². The van der Waals surface area contributed by atoms with Crippen LogP contribution in [0.25, 0.3) is 0 Å². The van der Waals surface area contributed by atoms with Gasteiger partial charge in [-0.3, -0.25) is 0 Å². The Kier molecular flexibility index (Phi) is 1.90. The molecule has 43 valence electrons. The molecule has 0 unspecified atom stereocenters. The van der Waals surface area contributed by atoms with Crippen LogP contribution in [0, 0.1) is 31.6 Å². The van der Waals surface area contributed by atoms with Gasteiger partial charge in [-0.1, -0.05) is 0 Å². The fourth-order valence-electron chi connectivity index (χ4n) is 0.692. The molecule has 1 rings (SSSR count). The molecule has 0 bridgehead atoms. The number of hydrogen-bond acceptors (Lipinski definition) is 1. The van der Waals surface area contributed by atoms with Gasteiger partial charge in [0.15, 0.2) is 0 Å². The Morgan fingerprint density at radius 3 is 2.12 bits per heavy atom. The fourth-order valence-corrected chi connectivity index (χ4v) is 0.692. The summed E-state index contributed by atoms with van der Waals surface area (Å²) in [6.07, 6.45) is 8.06. The van der Waals surface area contributed by atoms with E-state index in [1.807, 2.05) is 32.6 Å². The molecule has 0 aromatic heterocycles. The zero-order chi connectivity index (χ0) is 5.98. The molecule has 0 saturated heterocycles. The Morgan fingerprint density at radius 2 is 1.88 bits per heavy atom. The lowest BCUT2D eigenvalue weighted by atomic mass is 10.0. The third-order valence-electron chi connectivity index (χ3n) is 1.21. The van der Waals surface area contributed by atoms with Crippen molar-refractivity contribution in [1.82, 2.24) is 0 Å². The average molecular weight is 108 g/mol. The molecule has 1 aliphatic rings. The minimum Gasteiger partial charge on any atom is -0.327 e. The van der Waals surface area contributed by atoms with Crippen LogP contribution < -0.4 is 5.73 Å². The van der Waals surface area contributed by atoms with E-state index in [-0.39, 0.29) is 6.04 Å². The van der Waals surface area contributed by atoms with Crippen LogP contribution in [0.1, 0.15) is 6.92 Å². The van der Waals surface area contributed by atoms with Gasteiger partial charge < -0.3 is 5.73 Å². The highest BCUT2D eigenvalue weighted by Crippen LogP contribution is 2.24. The normalized spacial score (nSPS) is 26.2. The van der Waals surface area contributed by atoms with Crippen molar-refractivity contribution < 1.29 is 0 Å². The molecule has 5 radical (unpaired) electrons. The van der Waals surface area contributed by atoms with Crippen molar-refractivity contribution in [1.29, 1.82) is 0 Å². The van der Waals surface area contributed by atoms with E-state index in [9.17, 15) is 0 Å². The van der Waals surface area contributed by atoms with E-state index in [1.165, 1.54) is 5.92 Å². The molecule has 1 atom stereocenters. The van der Waals surface area contributed by atoms with E-state index in [0.717, 1.165) is 0 Å². The molecular formula is C7H10N. The summed E-state index contributed by atoms with van der Waals surface area (Å²) < 4.78 is 0. The van der Waals surface area contributed by atoms with Gasteiger partial charge in [-0.15, -0.1) is 0 Å². The molecule has 1 aliphatic carbocycles. The summed E-state index contributed by atoms with van der Waals surface area (Å²) in [5.74, 6) is 1.21. The lowest BCUT2D eigenvalue weighted by Gasteiger charge is -2.10. The largest absolute Gasteiger partial charge is 0.327 e. The van der Waals surface area contributed by atoms with Crippen molar-refractivity contribution in [3.05, 3.63) is 31.6 Å². The van der Waals surface area contributed by atoms with Crippen molar-refractivity contribution in [3.63, 3.8) is 0 Å². The Balaban J connectivity index is 2.24. The molecule has 0 amide bonds. The van der Waals surface area contributed by atoms with Crippen molar-refractivity contribution in [2.24, 2.45) is 5.73 Å². The predicted octanol–water partition coefficient (Wildman–Crippen LogP) is 0.739. The van der Waals surface area contributed by atoms with Crippen LogP contribution >= 0.6 is 0 Å². The highest BCUT2D eigenvalue weighted by Gasteiger charge is 2.19. The molecule has 1 nitrogen and oxygen atoms in total.